The number of halogens is 1. The van der Waals surface area contributed by atoms with Crippen LogP contribution < -0.4 is 11.1 Å². The lowest BCUT2D eigenvalue weighted by atomic mass is 9.93. The fourth-order valence-corrected chi connectivity index (χ4v) is 3.14. The van der Waals surface area contributed by atoms with Crippen molar-refractivity contribution in [3.8, 4) is 0 Å². The Bertz CT molecular complexity index is 449. The Kier molecular flexibility index (Phi) is 3.95. The quantitative estimate of drug-likeness (QED) is 0.896. The van der Waals surface area contributed by atoms with Crippen LogP contribution in [0.15, 0.2) is 28.7 Å². The number of carbonyl (C=O) groups is 1. The van der Waals surface area contributed by atoms with E-state index in [1.807, 2.05) is 24.3 Å². The van der Waals surface area contributed by atoms with Gasteiger partial charge in [-0.25, -0.2) is 0 Å². The summed E-state index contributed by atoms with van der Waals surface area (Å²) in [5.74, 6) is 0.357. The lowest BCUT2D eigenvalue weighted by Crippen LogP contribution is -2.48. The summed E-state index contributed by atoms with van der Waals surface area (Å²) in [6.07, 6.45) is 3.84. The van der Waals surface area contributed by atoms with Crippen LogP contribution in [0.1, 0.15) is 32.6 Å². The van der Waals surface area contributed by atoms with Gasteiger partial charge in [-0.05, 0) is 43.4 Å². The number of amides is 1. The van der Waals surface area contributed by atoms with Crippen LogP contribution in [0, 0.1) is 5.92 Å². The highest BCUT2D eigenvalue weighted by Crippen LogP contribution is 2.38. The average molecular weight is 311 g/mol. The SMILES string of the molecule is CCC1CCC(Nc2cccc(Br)c2)(C(N)=O)C1. The Hall–Kier alpha value is -1.03. The molecule has 1 aromatic carbocycles. The highest BCUT2D eigenvalue weighted by molar-refractivity contribution is 9.10. The van der Waals surface area contributed by atoms with Gasteiger partial charge in [-0.3, -0.25) is 4.79 Å². The molecule has 0 aromatic heterocycles. The van der Waals surface area contributed by atoms with Crippen LogP contribution in [0.4, 0.5) is 5.69 Å². The molecule has 3 N–H and O–H groups in total. The highest BCUT2D eigenvalue weighted by Gasteiger charge is 2.43. The predicted molar refractivity (Wildman–Crippen MR) is 77.3 cm³/mol. The normalized spacial score (nSPS) is 27.1. The van der Waals surface area contributed by atoms with Crippen molar-refractivity contribution in [2.45, 2.75) is 38.1 Å². The number of nitrogens with two attached hydrogens (primary N) is 1. The van der Waals surface area contributed by atoms with E-state index in [9.17, 15) is 4.79 Å². The standard InChI is InChI=1S/C14H19BrN2O/c1-2-10-6-7-14(9-10,13(16)18)17-12-5-3-4-11(15)8-12/h3-5,8,10,17H,2,6-7,9H2,1H3,(H2,16,18). The molecule has 0 aliphatic heterocycles. The van der Waals surface area contributed by atoms with Crippen LogP contribution in [0.5, 0.6) is 0 Å². The number of anilines is 1. The average Bonchev–Trinajstić information content (AvgIpc) is 2.74. The van der Waals surface area contributed by atoms with Gasteiger partial charge in [-0.2, -0.15) is 0 Å². The molecule has 0 saturated heterocycles. The molecule has 1 fully saturated rings. The zero-order valence-corrected chi connectivity index (χ0v) is 12.2. The van der Waals surface area contributed by atoms with Gasteiger partial charge in [-0.1, -0.05) is 35.3 Å². The maximum Gasteiger partial charge on any atom is 0.243 e. The first-order chi connectivity index (χ1) is 8.55. The molecular weight excluding hydrogens is 292 g/mol. The van der Waals surface area contributed by atoms with Crippen LogP contribution >= 0.6 is 15.9 Å². The predicted octanol–water partition coefficient (Wildman–Crippen LogP) is 3.30. The molecule has 3 nitrogen and oxygen atoms in total. The summed E-state index contributed by atoms with van der Waals surface area (Å²) in [5.41, 5.74) is 6.00. The van der Waals surface area contributed by atoms with Crippen molar-refractivity contribution in [1.29, 1.82) is 0 Å². The van der Waals surface area contributed by atoms with Crippen LogP contribution in [0.3, 0.4) is 0 Å². The lowest BCUT2D eigenvalue weighted by molar-refractivity contribution is -0.122. The molecular formula is C14H19BrN2O. The summed E-state index contributed by atoms with van der Waals surface area (Å²) >= 11 is 3.44. The van der Waals surface area contributed by atoms with Crippen LogP contribution in [0.25, 0.3) is 0 Å². The van der Waals surface area contributed by atoms with Crippen molar-refractivity contribution < 1.29 is 4.79 Å². The molecule has 1 aromatic rings. The Balaban J connectivity index is 2.20. The van der Waals surface area contributed by atoms with Gasteiger partial charge in [0.05, 0.1) is 0 Å². The van der Waals surface area contributed by atoms with Crippen LogP contribution in [-0.2, 0) is 4.79 Å². The molecule has 0 heterocycles. The minimum atomic E-state index is -0.568. The largest absolute Gasteiger partial charge is 0.371 e. The molecule has 1 saturated carbocycles. The number of hydrogen-bond donors (Lipinski definition) is 2. The number of carbonyl (C=O) groups excluding carboxylic acids is 1. The summed E-state index contributed by atoms with van der Waals surface area (Å²) in [5, 5.41) is 3.35. The maximum absolute atomic E-state index is 11.8. The number of rotatable bonds is 4. The number of hydrogen-bond acceptors (Lipinski definition) is 2. The van der Waals surface area contributed by atoms with Crippen molar-refractivity contribution in [1.82, 2.24) is 0 Å². The monoisotopic (exact) mass is 310 g/mol. The van der Waals surface area contributed by atoms with Crippen molar-refractivity contribution in [2.75, 3.05) is 5.32 Å². The van der Waals surface area contributed by atoms with Gasteiger partial charge in [-0.15, -0.1) is 0 Å². The summed E-state index contributed by atoms with van der Waals surface area (Å²) in [7, 11) is 0. The summed E-state index contributed by atoms with van der Waals surface area (Å²) in [6, 6.07) is 7.86. The van der Waals surface area contributed by atoms with E-state index in [4.69, 9.17) is 5.73 Å². The summed E-state index contributed by atoms with van der Waals surface area (Å²) < 4.78 is 0.997. The van der Waals surface area contributed by atoms with Gasteiger partial charge >= 0.3 is 0 Å². The number of nitrogens with one attached hydrogen (secondary N) is 1. The third-order valence-electron chi connectivity index (χ3n) is 3.87. The third-order valence-corrected chi connectivity index (χ3v) is 4.37. The topological polar surface area (TPSA) is 55.1 Å². The molecule has 2 rings (SSSR count). The fourth-order valence-electron chi connectivity index (χ4n) is 2.74. The Morgan fingerprint density at radius 2 is 2.39 bits per heavy atom. The van der Waals surface area contributed by atoms with Crippen LogP contribution in [0.2, 0.25) is 0 Å². The molecule has 0 radical (unpaired) electrons. The van der Waals surface area contributed by atoms with Crippen LogP contribution in [-0.4, -0.2) is 11.4 Å². The number of benzene rings is 1. The molecule has 4 heteroatoms. The molecule has 18 heavy (non-hydrogen) atoms. The molecule has 2 atom stereocenters. The maximum atomic E-state index is 11.8. The third kappa shape index (κ3) is 2.69. The summed E-state index contributed by atoms with van der Waals surface area (Å²) in [4.78, 5) is 11.8. The zero-order valence-electron chi connectivity index (χ0n) is 10.6. The molecule has 2 unspecified atom stereocenters. The van der Waals surface area contributed by atoms with E-state index in [1.165, 1.54) is 0 Å². The number of primary amides is 1. The Morgan fingerprint density at radius 3 is 2.94 bits per heavy atom. The van der Waals surface area contributed by atoms with Gasteiger partial charge in [0.15, 0.2) is 0 Å². The first-order valence-electron chi connectivity index (χ1n) is 6.39. The second kappa shape index (κ2) is 5.31. The molecule has 0 bridgehead atoms. The van der Waals surface area contributed by atoms with Crippen molar-refractivity contribution in [3.05, 3.63) is 28.7 Å². The first-order valence-corrected chi connectivity index (χ1v) is 7.19. The van der Waals surface area contributed by atoms with Gasteiger partial charge < -0.3 is 11.1 Å². The zero-order chi connectivity index (χ0) is 13.2. The van der Waals surface area contributed by atoms with Crippen molar-refractivity contribution >= 4 is 27.5 Å². The molecule has 1 aliphatic rings. The van der Waals surface area contributed by atoms with E-state index >= 15 is 0 Å². The van der Waals surface area contributed by atoms with Gasteiger partial charge in [0.1, 0.15) is 5.54 Å². The molecule has 1 amide bonds. The molecule has 98 valence electrons. The van der Waals surface area contributed by atoms with E-state index < -0.39 is 5.54 Å². The molecule has 0 spiro atoms. The van der Waals surface area contributed by atoms with E-state index in [1.54, 1.807) is 0 Å². The van der Waals surface area contributed by atoms with Crippen molar-refractivity contribution in [3.63, 3.8) is 0 Å². The first kappa shape index (κ1) is 13.4. The minimum absolute atomic E-state index is 0.238. The van der Waals surface area contributed by atoms with E-state index in [0.717, 1.165) is 35.8 Å². The minimum Gasteiger partial charge on any atom is -0.371 e. The Morgan fingerprint density at radius 1 is 1.61 bits per heavy atom. The fraction of sp³-hybridized carbons (Fsp3) is 0.500. The second-order valence-corrected chi connectivity index (χ2v) is 6.01. The van der Waals surface area contributed by atoms with Gasteiger partial charge in [0.2, 0.25) is 5.91 Å². The van der Waals surface area contributed by atoms with E-state index in [0.29, 0.717) is 5.92 Å². The van der Waals surface area contributed by atoms with E-state index in [-0.39, 0.29) is 5.91 Å². The van der Waals surface area contributed by atoms with Gasteiger partial charge in [0, 0.05) is 10.2 Å². The molecule has 1 aliphatic carbocycles. The van der Waals surface area contributed by atoms with Crippen molar-refractivity contribution in [2.24, 2.45) is 11.7 Å². The lowest BCUT2D eigenvalue weighted by Gasteiger charge is -2.28. The van der Waals surface area contributed by atoms with E-state index in [2.05, 4.69) is 28.2 Å². The highest BCUT2D eigenvalue weighted by atomic mass is 79.9. The second-order valence-electron chi connectivity index (χ2n) is 5.10. The Labute approximate surface area is 116 Å². The smallest absolute Gasteiger partial charge is 0.243 e. The van der Waals surface area contributed by atoms with Gasteiger partial charge in [0.25, 0.3) is 0 Å². The summed E-state index contributed by atoms with van der Waals surface area (Å²) in [6.45, 7) is 2.17.